The van der Waals surface area contributed by atoms with Crippen molar-refractivity contribution in [3.63, 3.8) is 0 Å². The maximum absolute atomic E-state index is 6.21. The molecule has 0 amide bonds. The fourth-order valence-corrected chi connectivity index (χ4v) is 2.60. The molecule has 1 N–H and O–H groups in total. The number of rotatable bonds is 4. The number of benzene rings is 2. The van der Waals surface area contributed by atoms with Gasteiger partial charge in [-0.05, 0) is 37.3 Å². The molecule has 24 heavy (non-hydrogen) atoms. The average molecular weight is 359 g/mol. The maximum atomic E-state index is 6.21. The molecule has 4 nitrogen and oxygen atoms in total. The standard InChI is InChI=1S/C18H16Cl2N4/c1-12-10-17(22-16-11-13(19)8-9-15(16)20)23-18(21-12)24(2)14-6-4-3-5-7-14/h3-11H,1-2H3,(H,21,22,23). The topological polar surface area (TPSA) is 41.1 Å². The summed E-state index contributed by atoms with van der Waals surface area (Å²) in [4.78, 5) is 11.0. The number of para-hydroxylation sites is 1. The van der Waals surface area contributed by atoms with Crippen molar-refractivity contribution in [3.05, 3.63) is 70.3 Å². The minimum absolute atomic E-state index is 0.577. The third-order valence-electron chi connectivity index (χ3n) is 3.48. The second-order valence-electron chi connectivity index (χ2n) is 5.34. The molecule has 3 rings (SSSR count). The Hall–Kier alpha value is -2.30. The molecule has 0 unspecified atom stereocenters. The van der Waals surface area contributed by atoms with E-state index in [9.17, 15) is 0 Å². The van der Waals surface area contributed by atoms with E-state index >= 15 is 0 Å². The van der Waals surface area contributed by atoms with E-state index < -0.39 is 0 Å². The Morgan fingerprint density at radius 2 is 1.71 bits per heavy atom. The van der Waals surface area contributed by atoms with Gasteiger partial charge in [-0.2, -0.15) is 4.98 Å². The summed E-state index contributed by atoms with van der Waals surface area (Å²) in [6, 6.07) is 17.1. The first-order valence-electron chi connectivity index (χ1n) is 7.39. The van der Waals surface area contributed by atoms with Gasteiger partial charge in [0.15, 0.2) is 0 Å². The van der Waals surface area contributed by atoms with Crippen LogP contribution in [0.15, 0.2) is 54.6 Å². The highest BCUT2D eigenvalue weighted by atomic mass is 35.5. The third kappa shape index (κ3) is 3.78. The van der Waals surface area contributed by atoms with Gasteiger partial charge in [-0.15, -0.1) is 0 Å². The van der Waals surface area contributed by atoms with E-state index in [0.717, 1.165) is 11.4 Å². The molecule has 6 heteroatoms. The molecular formula is C18H16Cl2N4. The Morgan fingerprint density at radius 3 is 2.46 bits per heavy atom. The number of hydrogen-bond donors (Lipinski definition) is 1. The lowest BCUT2D eigenvalue weighted by atomic mass is 10.3. The van der Waals surface area contributed by atoms with Crippen molar-refractivity contribution in [1.82, 2.24) is 9.97 Å². The van der Waals surface area contributed by atoms with Crippen molar-refractivity contribution in [2.75, 3.05) is 17.3 Å². The minimum atomic E-state index is 0.577. The molecule has 0 aliphatic carbocycles. The summed E-state index contributed by atoms with van der Waals surface area (Å²) < 4.78 is 0. The molecule has 3 aromatic rings. The Bertz CT molecular complexity index is 853. The van der Waals surface area contributed by atoms with Gasteiger partial charge in [0.25, 0.3) is 0 Å². The van der Waals surface area contributed by atoms with Crippen LogP contribution in [0.1, 0.15) is 5.69 Å². The van der Waals surface area contributed by atoms with Gasteiger partial charge >= 0.3 is 0 Å². The predicted octanol–water partition coefficient (Wildman–Crippen LogP) is 5.60. The van der Waals surface area contributed by atoms with Gasteiger partial charge in [0.05, 0.1) is 10.7 Å². The van der Waals surface area contributed by atoms with Crippen LogP contribution in [0.5, 0.6) is 0 Å². The van der Waals surface area contributed by atoms with Crippen LogP contribution >= 0.6 is 23.2 Å². The third-order valence-corrected chi connectivity index (χ3v) is 4.04. The first-order chi connectivity index (χ1) is 11.5. The minimum Gasteiger partial charge on any atom is -0.339 e. The predicted molar refractivity (Wildman–Crippen MR) is 101 cm³/mol. The first kappa shape index (κ1) is 16.6. The molecule has 2 aromatic carbocycles. The SMILES string of the molecule is Cc1cc(Nc2cc(Cl)ccc2Cl)nc(N(C)c2ccccc2)n1. The number of nitrogens with one attached hydrogen (secondary N) is 1. The molecule has 0 bridgehead atoms. The molecule has 0 aliphatic heterocycles. The molecule has 0 fully saturated rings. The van der Waals surface area contributed by atoms with Crippen LogP contribution in [0.4, 0.5) is 23.1 Å². The van der Waals surface area contributed by atoms with Crippen molar-refractivity contribution in [2.45, 2.75) is 6.92 Å². The lowest BCUT2D eigenvalue weighted by Crippen LogP contribution is -2.14. The van der Waals surface area contributed by atoms with Crippen LogP contribution in [0, 0.1) is 6.92 Å². The number of nitrogens with zero attached hydrogens (tertiary/aromatic N) is 3. The largest absolute Gasteiger partial charge is 0.339 e. The molecule has 0 saturated heterocycles. The molecule has 0 aliphatic rings. The highest BCUT2D eigenvalue weighted by Gasteiger charge is 2.10. The lowest BCUT2D eigenvalue weighted by Gasteiger charge is -2.18. The number of hydrogen-bond acceptors (Lipinski definition) is 4. The molecule has 0 radical (unpaired) electrons. The number of halogens is 2. The molecule has 0 saturated carbocycles. The van der Waals surface area contributed by atoms with Crippen LogP contribution in [0.3, 0.4) is 0 Å². The van der Waals surface area contributed by atoms with Crippen molar-refractivity contribution in [1.29, 1.82) is 0 Å². The second-order valence-corrected chi connectivity index (χ2v) is 6.18. The van der Waals surface area contributed by atoms with E-state index in [1.807, 2.05) is 55.3 Å². The summed E-state index contributed by atoms with van der Waals surface area (Å²) >= 11 is 12.2. The van der Waals surface area contributed by atoms with E-state index in [4.69, 9.17) is 23.2 Å². The average Bonchev–Trinajstić information content (AvgIpc) is 2.58. The van der Waals surface area contributed by atoms with Crippen molar-refractivity contribution in [2.24, 2.45) is 0 Å². The van der Waals surface area contributed by atoms with Gasteiger partial charge in [0.2, 0.25) is 5.95 Å². The van der Waals surface area contributed by atoms with Gasteiger partial charge in [-0.25, -0.2) is 4.98 Å². The smallest absolute Gasteiger partial charge is 0.231 e. The van der Waals surface area contributed by atoms with Crippen molar-refractivity contribution >= 4 is 46.3 Å². The highest BCUT2D eigenvalue weighted by Crippen LogP contribution is 2.29. The van der Waals surface area contributed by atoms with Crippen LogP contribution in [0.2, 0.25) is 10.0 Å². The number of anilines is 4. The lowest BCUT2D eigenvalue weighted by molar-refractivity contribution is 1.02. The highest BCUT2D eigenvalue weighted by molar-refractivity contribution is 6.35. The monoisotopic (exact) mass is 358 g/mol. The summed E-state index contributed by atoms with van der Waals surface area (Å²) in [5.41, 5.74) is 2.56. The fourth-order valence-electron chi connectivity index (χ4n) is 2.27. The van der Waals surface area contributed by atoms with Gasteiger partial charge in [0, 0.05) is 29.5 Å². The summed E-state index contributed by atoms with van der Waals surface area (Å²) in [6.07, 6.45) is 0. The summed E-state index contributed by atoms with van der Waals surface area (Å²) in [5.74, 6) is 1.26. The van der Waals surface area contributed by atoms with Crippen LogP contribution in [0.25, 0.3) is 0 Å². The molecule has 1 aromatic heterocycles. The zero-order valence-electron chi connectivity index (χ0n) is 13.3. The van der Waals surface area contributed by atoms with Crippen LogP contribution in [-0.4, -0.2) is 17.0 Å². The van der Waals surface area contributed by atoms with Crippen LogP contribution in [-0.2, 0) is 0 Å². The fraction of sp³-hybridized carbons (Fsp3) is 0.111. The van der Waals surface area contributed by atoms with Gasteiger partial charge in [-0.1, -0.05) is 41.4 Å². The summed E-state index contributed by atoms with van der Waals surface area (Å²) in [5, 5.41) is 4.39. The second kappa shape index (κ2) is 7.07. The summed E-state index contributed by atoms with van der Waals surface area (Å²) in [6.45, 7) is 1.93. The molecule has 1 heterocycles. The molecule has 0 spiro atoms. The Labute approximate surface area is 151 Å². The van der Waals surface area contributed by atoms with Gasteiger partial charge in [-0.3, -0.25) is 0 Å². The van der Waals surface area contributed by atoms with E-state index in [2.05, 4.69) is 15.3 Å². The van der Waals surface area contributed by atoms with E-state index in [-0.39, 0.29) is 0 Å². The van der Waals surface area contributed by atoms with Gasteiger partial charge in [0.1, 0.15) is 5.82 Å². The number of aryl methyl sites for hydroxylation is 1. The number of aromatic nitrogens is 2. The zero-order valence-corrected chi connectivity index (χ0v) is 14.8. The first-order valence-corrected chi connectivity index (χ1v) is 8.15. The van der Waals surface area contributed by atoms with Crippen molar-refractivity contribution < 1.29 is 0 Å². The molecule has 0 atom stereocenters. The Kier molecular flexibility index (Phi) is 4.88. The Balaban J connectivity index is 1.93. The quantitative estimate of drug-likeness (QED) is 0.658. The maximum Gasteiger partial charge on any atom is 0.231 e. The normalized spacial score (nSPS) is 10.5. The van der Waals surface area contributed by atoms with Gasteiger partial charge < -0.3 is 10.2 Å². The molecular weight excluding hydrogens is 343 g/mol. The van der Waals surface area contributed by atoms with Crippen molar-refractivity contribution in [3.8, 4) is 0 Å². The molecule has 122 valence electrons. The summed E-state index contributed by atoms with van der Waals surface area (Å²) in [7, 11) is 1.93. The Morgan fingerprint density at radius 1 is 0.958 bits per heavy atom. The van der Waals surface area contributed by atoms with E-state index in [0.29, 0.717) is 27.5 Å². The van der Waals surface area contributed by atoms with Crippen LogP contribution < -0.4 is 10.2 Å². The van der Waals surface area contributed by atoms with E-state index in [1.165, 1.54) is 0 Å². The zero-order chi connectivity index (χ0) is 17.1. The van der Waals surface area contributed by atoms with E-state index in [1.54, 1.807) is 18.2 Å².